The predicted molar refractivity (Wildman–Crippen MR) is 111 cm³/mol. The van der Waals surface area contributed by atoms with Crippen molar-refractivity contribution in [1.82, 2.24) is 4.90 Å². The van der Waals surface area contributed by atoms with Gasteiger partial charge in [0.05, 0.1) is 7.11 Å². The Morgan fingerprint density at radius 1 is 1.03 bits per heavy atom. The van der Waals surface area contributed by atoms with E-state index in [1.165, 1.54) is 44.2 Å². The Kier molecular flexibility index (Phi) is 5.41. The molecule has 0 saturated carbocycles. The van der Waals surface area contributed by atoms with Gasteiger partial charge in [-0.1, -0.05) is 0 Å². The van der Waals surface area contributed by atoms with Crippen LogP contribution in [0.5, 0.6) is 28.7 Å². The summed E-state index contributed by atoms with van der Waals surface area (Å²) < 4.78 is 16.9. The van der Waals surface area contributed by atoms with Crippen LogP contribution >= 0.6 is 0 Å². The van der Waals surface area contributed by atoms with Gasteiger partial charge in [-0.15, -0.1) is 0 Å². The van der Waals surface area contributed by atoms with Gasteiger partial charge in [0.25, 0.3) is 0 Å². The fourth-order valence-corrected chi connectivity index (χ4v) is 3.68. The minimum Gasteiger partial charge on any atom is -0.507 e. The molecule has 1 aliphatic rings. The van der Waals surface area contributed by atoms with Crippen molar-refractivity contribution in [2.24, 2.45) is 0 Å². The fourth-order valence-electron chi connectivity index (χ4n) is 3.68. The van der Waals surface area contributed by atoms with Gasteiger partial charge in [-0.2, -0.15) is 0 Å². The van der Waals surface area contributed by atoms with E-state index in [-0.39, 0.29) is 39.7 Å². The fraction of sp³-hybridized carbons (Fsp3) is 0.318. The molecule has 0 bridgehead atoms. The summed E-state index contributed by atoms with van der Waals surface area (Å²) >= 11 is 0. The zero-order chi connectivity index (χ0) is 21.3. The maximum atomic E-state index is 12.9. The van der Waals surface area contributed by atoms with Crippen molar-refractivity contribution in [2.75, 3.05) is 33.4 Å². The molecule has 3 N–H and O–H groups in total. The number of ether oxygens (including phenoxy) is 2. The third-order valence-corrected chi connectivity index (χ3v) is 5.22. The molecule has 2 aromatic carbocycles. The van der Waals surface area contributed by atoms with Gasteiger partial charge in [0, 0.05) is 24.2 Å². The molecule has 0 unspecified atom stereocenters. The number of phenolic OH excluding ortho intramolecular Hbond substituents is 3. The maximum Gasteiger partial charge on any atom is 0.239 e. The van der Waals surface area contributed by atoms with Crippen molar-refractivity contribution in [2.45, 2.75) is 12.8 Å². The Labute approximate surface area is 172 Å². The van der Waals surface area contributed by atoms with Gasteiger partial charge in [-0.3, -0.25) is 9.69 Å². The molecule has 0 atom stereocenters. The highest BCUT2D eigenvalue weighted by atomic mass is 16.5. The summed E-state index contributed by atoms with van der Waals surface area (Å²) in [7, 11) is 1.31. The second kappa shape index (κ2) is 8.16. The summed E-state index contributed by atoms with van der Waals surface area (Å²) in [5.41, 5.74) is -0.0945. The Balaban J connectivity index is 1.73. The lowest BCUT2D eigenvalue weighted by molar-refractivity contribution is 0.237. The first-order valence-corrected chi connectivity index (χ1v) is 9.73. The van der Waals surface area contributed by atoms with Crippen LogP contribution in [0.3, 0.4) is 0 Å². The lowest BCUT2D eigenvalue weighted by atomic mass is 10.1. The van der Waals surface area contributed by atoms with Crippen molar-refractivity contribution >= 4 is 11.0 Å². The summed E-state index contributed by atoms with van der Waals surface area (Å²) in [4.78, 5) is 15.2. The molecule has 4 rings (SSSR count). The van der Waals surface area contributed by atoms with Crippen molar-refractivity contribution in [3.05, 3.63) is 40.6 Å². The van der Waals surface area contributed by atoms with Gasteiger partial charge in [0.15, 0.2) is 17.3 Å². The maximum absolute atomic E-state index is 12.9. The molecule has 2 heterocycles. The zero-order valence-corrected chi connectivity index (χ0v) is 16.6. The first-order valence-electron chi connectivity index (χ1n) is 9.73. The number of hydrogen-bond acceptors (Lipinski definition) is 8. The molecule has 0 amide bonds. The average Bonchev–Trinajstić information content (AvgIpc) is 3.23. The van der Waals surface area contributed by atoms with Crippen LogP contribution < -0.4 is 14.9 Å². The standard InChI is InChI=1S/C22H23NO7/c1-28-22-20(27)19-17(26)11-14(29-9-8-23-6-2-3-7-23)12-18(19)30-21(22)13-4-5-15(24)16(25)10-13/h4-5,10-12,24-26H,2-3,6-9H2,1H3. The Bertz CT molecular complexity index is 1130. The summed E-state index contributed by atoms with van der Waals surface area (Å²) in [5, 5.41) is 29.8. The van der Waals surface area contributed by atoms with Crippen molar-refractivity contribution in [3.8, 4) is 40.1 Å². The molecule has 30 heavy (non-hydrogen) atoms. The van der Waals surface area contributed by atoms with Gasteiger partial charge < -0.3 is 29.2 Å². The third-order valence-electron chi connectivity index (χ3n) is 5.22. The van der Waals surface area contributed by atoms with Crippen LogP contribution in [0.1, 0.15) is 12.8 Å². The predicted octanol–water partition coefficient (Wildman–Crippen LogP) is 3.06. The Hall–Kier alpha value is -3.39. The van der Waals surface area contributed by atoms with Crippen molar-refractivity contribution < 1.29 is 29.2 Å². The molecule has 3 aromatic rings. The smallest absolute Gasteiger partial charge is 0.239 e. The lowest BCUT2D eigenvalue weighted by Gasteiger charge is -2.15. The van der Waals surface area contributed by atoms with Gasteiger partial charge in [-0.05, 0) is 44.1 Å². The monoisotopic (exact) mass is 413 g/mol. The highest BCUT2D eigenvalue weighted by Crippen LogP contribution is 2.38. The van der Waals surface area contributed by atoms with E-state index in [0.717, 1.165) is 19.6 Å². The van der Waals surface area contributed by atoms with Crippen molar-refractivity contribution in [3.63, 3.8) is 0 Å². The van der Waals surface area contributed by atoms with Crippen LogP contribution in [0.15, 0.2) is 39.5 Å². The highest BCUT2D eigenvalue weighted by molar-refractivity contribution is 5.88. The number of phenols is 3. The number of aromatic hydroxyl groups is 3. The molecule has 0 radical (unpaired) electrons. The number of fused-ring (bicyclic) bond motifs is 1. The largest absolute Gasteiger partial charge is 0.507 e. The van der Waals surface area contributed by atoms with Crippen LogP contribution in [0.25, 0.3) is 22.3 Å². The molecule has 158 valence electrons. The summed E-state index contributed by atoms with van der Waals surface area (Å²) in [6.45, 7) is 3.35. The highest BCUT2D eigenvalue weighted by Gasteiger charge is 2.21. The van der Waals surface area contributed by atoms with Crippen LogP contribution in [0.2, 0.25) is 0 Å². The SMILES string of the molecule is COc1c(-c2ccc(O)c(O)c2)oc2cc(OCCN3CCCC3)cc(O)c2c1=O. The first kappa shape index (κ1) is 19.9. The molecular formula is C22H23NO7. The molecule has 1 aromatic heterocycles. The second-order valence-corrected chi connectivity index (χ2v) is 7.21. The third kappa shape index (κ3) is 3.73. The van der Waals surface area contributed by atoms with E-state index in [1.807, 2.05) is 0 Å². The molecule has 1 fully saturated rings. The average molecular weight is 413 g/mol. The van der Waals surface area contributed by atoms with Gasteiger partial charge in [0.2, 0.25) is 11.2 Å². The van der Waals surface area contributed by atoms with Crippen LogP contribution in [0.4, 0.5) is 0 Å². The summed E-state index contributed by atoms with van der Waals surface area (Å²) in [5.74, 6) is -0.598. The van der Waals surface area contributed by atoms with Crippen LogP contribution in [-0.2, 0) is 0 Å². The van der Waals surface area contributed by atoms with Crippen molar-refractivity contribution in [1.29, 1.82) is 0 Å². The van der Waals surface area contributed by atoms with Gasteiger partial charge >= 0.3 is 0 Å². The van der Waals surface area contributed by atoms with Crippen LogP contribution in [-0.4, -0.2) is 53.6 Å². The number of likely N-dealkylation sites (tertiary alicyclic amines) is 1. The molecule has 0 spiro atoms. The molecule has 8 nitrogen and oxygen atoms in total. The number of methoxy groups -OCH3 is 1. The van der Waals surface area contributed by atoms with Gasteiger partial charge in [-0.25, -0.2) is 0 Å². The summed E-state index contributed by atoms with van der Waals surface area (Å²) in [6, 6.07) is 6.96. The van der Waals surface area contributed by atoms with E-state index in [9.17, 15) is 20.1 Å². The topological polar surface area (TPSA) is 113 Å². The Morgan fingerprint density at radius 3 is 2.50 bits per heavy atom. The normalized spacial score (nSPS) is 14.3. The molecular weight excluding hydrogens is 390 g/mol. The molecule has 1 aliphatic heterocycles. The first-order chi connectivity index (χ1) is 14.5. The molecule has 1 saturated heterocycles. The number of rotatable bonds is 6. The second-order valence-electron chi connectivity index (χ2n) is 7.21. The van der Waals surface area contributed by atoms with Crippen LogP contribution in [0, 0.1) is 0 Å². The van der Waals surface area contributed by atoms with E-state index in [4.69, 9.17) is 13.9 Å². The zero-order valence-electron chi connectivity index (χ0n) is 16.6. The van der Waals surface area contributed by atoms with E-state index >= 15 is 0 Å². The van der Waals surface area contributed by atoms with E-state index in [1.54, 1.807) is 6.07 Å². The lowest BCUT2D eigenvalue weighted by Crippen LogP contribution is -2.25. The quantitative estimate of drug-likeness (QED) is 0.529. The van der Waals surface area contributed by atoms with Gasteiger partial charge in [0.1, 0.15) is 29.1 Å². The van der Waals surface area contributed by atoms with E-state index in [0.29, 0.717) is 17.9 Å². The van der Waals surface area contributed by atoms with E-state index < -0.39 is 5.43 Å². The molecule has 8 heteroatoms. The Morgan fingerprint density at radius 2 is 1.80 bits per heavy atom. The minimum absolute atomic E-state index is 0.0227. The molecule has 0 aliphatic carbocycles. The summed E-state index contributed by atoms with van der Waals surface area (Å²) in [6.07, 6.45) is 2.39. The van der Waals surface area contributed by atoms with E-state index in [2.05, 4.69) is 4.90 Å². The number of hydrogen-bond donors (Lipinski definition) is 3. The minimum atomic E-state index is -0.553. The number of benzene rings is 2. The number of nitrogens with zero attached hydrogens (tertiary/aromatic N) is 1.